The molecule has 3 nitrogen and oxygen atoms in total. The van der Waals surface area contributed by atoms with Crippen molar-refractivity contribution >= 4 is 0 Å². The van der Waals surface area contributed by atoms with Crippen LogP contribution in [0, 0.1) is 41.4 Å². The fourth-order valence-corrected chi connectivity index (χ4v) is 7.47. The molecule has 4 fully saturated rings. The lowest BCUT2D eigenvalue weighted by Gasteiger charge is -2.44. The zero-order valence-electron chi connectivity index (χ0n) is 19.3. The van der Waals surface area contributed by atoms with Gasteiger partial charge in [-0.3, -0.25) is 0 Å². The number of rotatable bonds is 3. The van der Waals surface area contributed by atoms with Crippen LogP contribution < -0.4 is 0 Å². The minimum Gasteiger partial charge on any atom is -0.412 e. The molecule has 0 aliphatic heterocycles. The maximum atomic E-state index is 15.0. The number of hydrogen-bond donors (Lipinski definition) is 0. The van der Waals surface area contributed by atoms with Gasteiger partial charge in [0.2, 0.25) is 0 Å². The van der Waals surface area contributed by atoms with E-state index in [1.54, 1.807) is 0 Å². The largest absolute Gasteiger partial charge is 0.412 e. The van der Waals surface area contributed by atoms with Crippen LogP contribution in [-0.4, -0.2) is 34.9 Å². The van der Waals surface area contributed by atoms with Gasteiger partial charge in [-0.05, 0) is 118 Å². The average Bonchev–Trinajstić information content (AvgIpc) is 2.71. The summed E-state index contributed by atoms with van der Waals surface area (Å²) in [5.41, 5.74) is 0. The van der Waals surface area contributed by atoms with Crippen molar-refractivity contribution < 1.29 is 31.0 Å². The summed E-state index contributed by atoms with van der Waals surface area (Å²) >= 11 is 0. The van der Waals surface area contributed by atoms with E-state index in [4.69, 9.17) is 0 Å². The van der Waals surface area contributed by atoms with Gasteiger partial charge in [-0.25, -0.2) is 13.2 Å². The Morgan fingerprint density at radius 3 is 1.39 bits per heavy atom. The molecule has 6 N–H and O–H groups in total. The molecule has 0 aromatic heterocycles. The predicted molar refractivity (Wildman–Crippen MR) is 122 cm³/mol. The molecular weight excluding hydrogens is 405 g/mol. The fourth-order valence-electron chi connectivity index (χ4n) is 7.47. The first-order chi connectivity index (χ1) is 13.5. The van der Waals surface area contributed by atoms with Gasteiger partial charge in [0, 0.05) is 1.43 Å². The number of halogens is 3. The fraction of sp³-hybridized carbons (Fsp3) is 1.00. The van der Waals surface area contributed by atoms with Crippen molar-refractivity contribution in [2.24, 2.45) is 41.4 Å². The third-order valence-corrected chi connectivity index (χ3v) is 9.41. The summed E-state index contributed by atoms with van der Waals surface area (Å²) in [6, 6.07) is 0. The Labute approximate surface area is 188 Å². The van der Waals surface area contributed by atoms with Crippen molar-refractivity contribution in [2.45, 2.75) is 115 Å². The van der Waals surface area contributed by atoms with Gasteiger partial charge in [-0.1, -0.05) is 19.8 Å². The van der Waals surface area contributed by atoms with Gasteiger partial charge in [-0.15, -0.1) is 0 Å². The summed E-state index contributed by atoms with van der Waals surface area (Å²) in [4.78, 5) is 0. The van der Waals surface area contributed by atoms with Crippen molar-refractivity contribution in [2.75, 3.05) is 0 Å². The molecule has 31 heavy (non-hydrogen) atoms. The van der Waals surface area contributed by atoms with E-state index in [9.17, 15) is 8.78 Å². The highest BCUT2D eigenvalue weighted by molar-refractivity contribution is 4.92. The molecule has 0 radical (unpaired) electrons. The molecular formula is C25H49F3O3. The first-order valence-electron chi connectivity index (χ1n) is 12.4. The van der Waals surface area contributed by atoms with Gasteiger partial charge in [-0.2, -0.15) is 0 Å². The van der Waals surface area contributed by atoms with Crippen LogP contribution in [0.2, 0.25) is 0 Å². The van der Waals surface area contributed by atoms with Crippen molar-refractivity contribution in [3.63, 3.8) is 0 Å². The Balaban J connectivity index is 0.00000240. The average molecular weight is 455 g/mol. The molecule has 4 rings (SSSR count). The smallest absolute Gasteiger partial charge is 0.131 e. The van der Waals surface area contributed by atoms with Crippen molar-refractivity contribution in [1.82, 2.24) is 0 Å². The van der Waals surface area contributed by atoms with E-state index in [2.05, 4.69) is 6.92 Å². The van der Waals surface area contributed by atoms with Gasteiger partial charge in [0.05, 0.1) is 0 Å². The lowest BCUT2D eigenvalue weighted by Crippen LogP contribution is -2.39. The van der Waals surface area contributed by atoms with Crippen LogP contribution in [0.1, 0.15) is 98.2 Å². The van der Waals surface area contributed by atoms with Crippen LogP contribution in [0.15, 0.2) is 0 Å². The highest BCUT2D eigenvalue weighted by Crippen LogP contribution is 2.48. The SMILES string of the molecule is CC1CCC(C2CCC(C3CCC(C4CCC(F)C(F)C4)C(F)C3)CC2)CC1.O.O.O.[HH]. The van der Waals surface area contributed by atoms with Crippen molar-refractivity contribution in [1.29, 1.82) is 0 Å². The molecule has 6 unspecified atom stereocenters. The molecule has 0 spiro atoms. The molecule has 4 aliphatic rings. The van der Waals surface area contributed by atoms with E-state index >= 15 is 4.39 Å². The highest BCUT2D eigenvalue weighted by Gasteiger charge is 2.42. The van der Waals surface area contributed by atoms with Gasteiger partial charge in [0.15, 0.2) is 0 Å². The minimum absolute atomic E-state index is 0. The molecule has 0 heterocycles. The standard InChI is InChI=1S/C25H41F3.3H2O.H2/c1-16-2-4-17(5-3-16)18-6-8-19(9-7-18)20-10-12-22(24(27)14-20)21-11-13-23(26)25(28)15-21;;;;/h16-25H,2-15H2,1H3;3*1H2;1H. The van der Waals surface area contributed by atoms with Gasteiger partial charge in [0.25, 0.3) is 0 Å². The first kappa shape index (κ1) is 28.7. The van der Waals surface area contributed by atoms with E-state index < -0.39 is 18.5 Å². The van der Waals surface area contributed by atoms with Crippen LogP contribution in [0.5, 0.6) is 0 Å². The second-order valence-electron chi connectivity index (χ2n) is 11.1. The normalized spacial score (nSPS) is 46.1. The third-order valence-electron chi connectivity index (χ3n) is 9.41. The molecule has 0 aromatic carbocycles. The number of hydrogen-bond acceptors (Lipinski definition) is 0. The molecule has 0 aromatic rings. The van der Waals surface area contributed by atoms with Crippen molar-refractivity contribution in [3.05, 3.63) is 0 Å². The Kier molecular flexibility index (Phi) is 11.8. The second kappa shape index (κ2) is 12.8. The van der Waals surface area contributed by atoms with Crippen LogP contribution in [-0.2, 0) is 0 Å². The summed E-state index contributed by atoms with van der Waals surface area (Å²) in [6.07, 6.45) is 11.5. The van der Waals surface area contributed by atoms with Gasteiger partial charge < -0.3 is 16.4 Å². The molecule has 6 atom stereocenters. The predicted octanol–water partition coefficient (Wildman–Crippen LogP) is 5.62. The van der Waals surface area contributed by atoms with E-state index in [1.807, 2.05) is 0 Å². The van der Waals surface area contributed by atoms with Crippen LogP contribution in [0.3, 0.4) is 0 Å². The zero-order chi connectivity index (χ0) is 19.7. The van der Waals surface area contributed by atoms with Gasteiger partial charge in [0.1, 0.15) is 18.5 Å². The second-order valence-corrected chi connectivity index (χ2v) is 11.1. The molecule has 188 valence electrons. The summed E-state index contributed by atoms with van der Waals surface area (Å²) in [5, 5.41) is 0. The lowest BCUT2D eigenvalue weighted by molar-refractivity contribution is 0.00456. The number of alkyl halides is 3. The van der Waals surface area contributed by atoms with E-state index in [-0.39, 0.29) is 36.1 Å². The molecule has 0 saturated heterocycles. The van der Waals surface area contributed by atoms with Crippen LogP contribution in [0.4, 0.5) is 13.2 Å². The first-order valence-corrected chi connectivity index (χ1v) is 12.4. The molecule has 6 heteroatoms. The molecule has 0 amide bonds. The van der Waals surface area contributed by atoms with Crippen LogP contribution >= 0.6 is 0 Å². The summed E-state index contributed by atoms with van der Waals surface area (Å²) in [5.74, 6) is 4.13. The zero-order valence-corrected chi connectivity index (χ0v) is 19.3. The minimum atomic E-state index is -1.36. The van der Waals surface area contributed by atoms with E-state index in [1.165, 1.54) is 51.4 Å². The van der Waals surface area contributed by atoms with E-state index in [0.717, 1.165) is 30.6 Å². The quantitative estimate of drug-likeness (QED) is 0.529. The van der Waals surface area contributed by atoms with Crippen LogP contribution in [0.25, 0.3) is 0 Å². The van der Waals surface area contributed by atoms with Gasteiger partial charge >= 0.3 is 0 Å². The highest BCUT2D eigenvalue weighted by atomic mass is 19.2. The maximum Gasteiger partial charge on any atom is 0.131 e. The Hall–Kier alpha value is -0.330. The Bertz CT molecular complexity index is 499. The lowest BCUT2D eigenvalue weighted by atomic mass is 9.63. The topological polar surface area (TPSA) is 94.5 Å². The summed E-state index contributed by atoms with van der Waals surface area (Å²) in [7, 11) is 0. The molecule has 4 saturated carbocycles. The summed E-state index contributed by atoms with van der Waals surface area (Å²) < 4.78 is 42.3. The molecule has 4 aliphatic carbocycles. The monoisotopic (exact) mass is 454 g/mol. The Morgan fingerprint density at radius 1 is 0.452 bits per heavy atom. The van der Waals surface area contributed by atoms with Crippen molar-refractivity contribution in [3.8, 4) is 0 Å². The Morgan fingerprint density at radius 2 is 0.871 bits per heavy atom. The third kappa shape index (κ3) is 6.83. The maximum absolute atomic E-state index is 15.0. The van der Waals surface area contributed by atoms with E-state index in [0.29, 0.717) is 31.1 Å². The molecule has 0 bridgehead atoms. The summed E-state index contributed by atoms with van der Waals surface area (Å²) in [6.45, 7) is 2.40.